The Labute approximate surface area is 377 Å². The molecule has 0 heterocycles. The Hall–Kier alpha value is -4.93. The van der Waals surface area contributed by atoms with Crippen LogP contribution in [0.5, 0.6) is 0 Å². The van der Waals surface area contributed by atoms with Crippen LogP contribution >= 0.6 is 0 Å². The molecule has 0 saturated heterocycles. The van der Waals surface area contributed by atoms with Crippen molar-refractivity contribution in [3.8, 4) is 0 Å². The van der Waals surface area contributed by atoms with Gasteiger partial charge >= 0.3 is 0 Å². The first kappa shape index (κ1) is 59.1. The number of aliphatic hydroxyl groups excluding tert-OH is 3. The average molecular weight is 914 g/mol. The Morgan fingerprint density at radius 2 is 1.11 bits per heavy atom. The molecule has 0 unspecified atom stereocenters. The number of rotatable bonds is 37. The SMILES string of the molecule is CCCCCCCCCCCCCC(=O)NCCCC[C@H](NC(=O)[C@H](CCCN=C(N)N)NC(=O)[C@H](C)NC(=O)[C@@H](N)[C@@H](C)O)C(=O)N[C@@H](CO)C(=O)N[C@H](C(=O)NCC=O)[C@@H](C)O. The average Bonchev–Trinajstić information content (AvgIpc) is 3.25. The molecule has 0 aromatic rings. The highest BCUT2D eigenvalue weighted by Gasteiger charge is 2.33. The van der Waals surface area contributed by atoms with Crippen molar-refractivity contribution in [3.05, 3.63) is 0 Å². The number of aliphatic imine (C=N–C) groups is 1. The highest BCUT2D eigenvalue weighted by Crippen LogP contribution is 2.12. The molecule has 22 heteroatoms. The molecule has 0 saturated carbocycles. The maximum Gasteiger partial charge on any atom is 0.245 e. The molecular weight excluding hydrogens is 835 g/mol. The summed E-state index contributed by atoms with van der Waals surface area (Å²) in [5.74, 6) is -5.68. The molecule has 0 spiro atoms. The van der Waals surface area contributed by atoms with Gasteiger partial charge in [0.15, 0.2) is 5.96 Å². The number of nitrogens with two attached hydrogens (primary N) is 3. The molecule has 0 aliphatic rings. The predicted molar refractivity (Wildman–Crippen MR) is 241 cm³/mol. The number of aldehydes is 1. The molecule has 8 atom stereocenters. The summed E-state index contributed by atoms with van der Waals surface area (Å²) in [5, 5.41) is 47.0. The van der Waals surface area contributed by atoms with Crippen molar-refractivity contribution in [2.75, 3.05) is 26.2 Å². The van der Waals surface area contributed by atoms with Crippen LogP contribution in [0.1, 0.15) is 137 Å². The molecule has 0 aromatic heterocycles. The van der Waals surface area contributed by atoms with Gasteiger partial charge in [-0.15, -0.1) is 0 Å². The van der Waals surface area contributed by atoms with E-state index in [2.05, 4.69) is 49.1 Å². The first-order valence-corrected chi connectivity index (χ1v) is 22.7. The minimum atomic E-state index is -1.67. The number of guanidine groups is 1. The number of nitrogens with one attached hydrogen (secondary N) is 7. The van der Waals surface area contributed by atoms with Gasteiger partial charge in [0, 0.05) is 19.5 Å². The van der Waals surface area contributed by atoms with Gasteiger partial charge in [0.25, 0.3) is 0 Å². The van der Waals surface area contributed by atoms with E-state index in [0.717, 1.165) is 25.7 Å². The van der Waals surface area contributed by atoms with Crippen molar-refractivity contribution in [1.29, 1.82) is 0 Å². The normalized spacial score (nSPS) is 14.8. The summed E-state index contributed by atoms with van der Waals surface area (Å²) < 4.78 is 0. The van der Waals surface area contributed by atoms with Crippen molar-refractivity contribution in [2.45, 2.75) is 185 Å². The molecule has 0 radical (unpaired) electrons. The fourth-order valence-corrected chi connectivity index (χ4v) is 6.32. The minimum Gasteiger partial charge on any atom is -0.394 e. The molecule has 16 N–H and O–H groups in total. The summed E-state index contributed by atoms with van der Waals surface area (Å²) in [6.45, 7) is 5.02. The zero-order valence-corrected chi connectivity index (χ0v) is 38.3. The molecule has 0 fully saturated rings. The van der Waals surface area contributed by atoms with Gasteiger partial charge < -0.3 is 74.5 Å². The minimum absolute atomic E-state index is 0.0332. The van der Waals surface area contributed by atoms with Crippen LogP contribution in [0.3, 0.4) is 0 Å². The lowest BCUT2D eigenvalue weighted by atomic mass is 10.0. The lowest BCUT2D eigenvalue weighted by Crippen LogP contribution is -2.61. The largest absolute Gasteiger partial charge is 0.394 e. The van der Waals surface area contributed by atoms with Crippen LogP contribution in [0, 0.1) is 0 Å². The highest BCUT2D eigenvalue weighted by atomic mass is 16.3. The number of amides is 7. The molecule has 7 amide bonds. The Balaban J connectivity index is 5.88. The van der Waals surface area contributed by atoms with Gasteiger partial charge in [0.2, 0.25) is 41.4 Å². The first-order chi connectivity index (χ1) is 30.4. The van der Waals surface area contributed by atoms with Gasteiger partial charge in [-0.2, -0.15) is 0 Å². The molecule has 0 aliphatic heterocycles. The third kappa shape index (κ3) is 27.3. The summed E-state index contributed by atoms with van der Waals surface area (Å²) in [4.78, 5) is 106. The molecule has 0 rings (SSSR count). The topological polar surface area (TPSA) is 372 Å². The second-order valence-electron chi connectivity index (χ2n) is 16.1. The molecule has 0 aromatic carbocycles. The number of carbonyl (C=O) groups is 8. The lowest BCUT2D eigenvalue weighted by molar-refractivity contribution is -0.136. The van der Waals surface area contributed by atoms with E-state index in [9.17, 15) is 53.7 Å². The maximum absolute atomic E-state index is 13.8. The monoisotopic (exact) mass is 914 g/mol. The van der Waals surface area contributed by atoms with Gasteiger partial charge in [0.1, 0.15) is 42.5 Å². The summed E-state index contributed by atoms with van der Waals surface area (Å²) >= 11 is 0. The van der Waals surface area contributed by atoms with E-state index in [1.807, 2.05) is 0 Å². The van der Waals surface area contributed by atoms with Crippen molar-refractivity contribution in [1.82, 2.24) is 37.2 Å². The summed E-state index contributed by atoms with van der Waals surface area (Å²) in [6, 6.07) is -8.47. The molecule has 22 nitrogen and oxygen atoms in total. The molecule has 0 aliphatic carbocycles. The van der Waals surface area contributed by atoms with Crippen molar-refractivity contribution < 1.29 is 53.7 Å². The fourth-order valence-electron chi connectivity index (χ4n) is 6.32. The predicted octanol–water partition coefficient (Wildman–Crippen LogP) is -2.13. The summed E-state index contributed by atoms with van der Waals surface area (Å²) in [5.41, 5.74) is 16.5. The van der Waals surface area contributed by atoms with Crippen molar-refractivity contribution >= 4 is 53.6 Å². The van der Waals surface area contributed by atoms with Crippen molar-refractivity contribution in [3.63, 3.8) is 0 Å². The van der Waals surface area contributed by atoms with Crippen LogP contribution in [0.25, 0.3) is 0 Å². The number of hydrogen-bond donors (Lipinski definition) is 13. The van der Waals surface area contributed by atoms with E-state index in [-0.39, 0.29) is 50.6 Å². The number of aliphatic hydroxyl groups is 3. The summed E-state index contributed by atoms with van der Waals surface area (Å²) in [7, 11) is 0. The van der Waals surface area contributed by atoms with E-state index < -0.39 is 97.1 Å². The van der Waals surface area contributed by atoms with Crippen molar-refractivity contribution in [2.24, 2.45) is 22.2 Å². The zero-order valence-electron chi connectivity index (χ0n) is 38.3. The third-order valence-electron chi connectivity index (χ3n) is 10.3. The number of carbonyl (C=O) groups excluding carboxylic acids is 8. The molecule has 64 heavy (non-hydrogen) atoms. The fraction of sp³-hybridized carbons (Fsp3) is 0.786. The quantitative estimate of drug-likeness (QED) is 0.0137. The Kier molecular flexibility index (Phi) is 32.7. The highest BCUT2D eigenvalue weighted by molar-refractivity contribution is 5.96. The summed E-state index contributed by atoms with van der Waals surface area (Å²) in [6.07, 6.45) is 11.6. The molecule has 0 bridgehead atoms. The number of unbranched alkanes of at least 4 members (excludes halogenated alkanes) is 11. The molecular formula is C42H79N11O11. The van der Waals surface area contributed by atoms with Crippen LogP contribution in [0.15, 0.2) is 4.99 Å². The van der Waals surface area contributed by atoms with Gasteiger partial charge in [-0.25, -0.2) is 0 Å². The first-order valence-electron chi connectivity index (χ1n) is 22.7. The standard InChI is InChI=1S/C42H79N11O11/c1-5-6-7-8-9-10-11-12-13-14-15-21-33(58)46-22-17-16-19-30(38(61)52-32(26-55)39(62)53-35(29(4)57)41(64)47-24-25-54)51-37(60)31(20-18-23-48-42(44)45)50-36(59)27(2)49-40(63)34(43)28(3)56/h25,27-32,34-35,55-57H,5-24,26,43H2,1-4H3,(H,46,58)(H,47,64)(H,49,63)(H,50,59)(H,51,60)(H,52,61)(H,53,62)(H4,44,45,48)/t27-,28+,29+,30-,31-,32-,34-,35-/m0/s1. The smallest absolute Gasteiger partial charge is 0.245 e. The van der Waals surface area contributed by atoms with Crippen LogP contribution in [0.4, 0.5) is 0 Å². The van der Waals surface area contributed by atoms with Crippen LogP contribution in [-0.4, -0.2) is 144 Å². The van der Waals surface area contributed by atoms with Gasteiger partial charge in [-0.3, -0.25) is 38.6 Å². The van der Waals surface area contributed by atoms with E-state index in [1.165, 1.54) is 65.7 Å². The maximum atomic E-state index is 13.8. The zero-order chi connectivity index (χ0) is 48.5. The molecule has 368 valence electrons. The Morgan fingerprint density at radius 3 is 1.62 bits per heavy atom. The van der Waals surface area contributed by atoms with E-state index in [0.29, 0.717) is 19.1 Å². The van der Waals surface area contributed by atoms with Gasteiger partial charge in [-0.05, 0) is 59.3 Å². The van der Waals surface area contributed by atoms with E-state index in [4.69, 9.17) is 17.2 Å². The number of hydrogen-bond acceptors (Lipinski definition) is 13. The van der Waals surface area contributed by atoms with Gasteiger partial charge in [-0.1, -0.05) is 71.1 Å². The number of nitrogens with zero attached hydrogens (tertiary/aromatic N) is 1. The van der Waals surface area contributed by atoms with Crippen LogP contribution in [0.2, 0.25) is 0 Å². The van der Waals surface area contributed by atoms with E-state index in [1.54, 1.807) is 0 Å². The second kappa shape index (κ2) is 35.4. The third-order valence-corrected chi connectivity index (χ3v) is 10.3. The Morgan fingerprint density at radius 1 is 0.594 bits per heavy atom. The van der Waals surface area contributed by atoms with Crippen LogP contribution in [-0.2, 0) is 38.4 Å². The van der Waals surface area contributed by atoms with Crippen LogP contribution < -0.4 is 54.4 Å². The van der Waals surface area contributed by atoms with E-state index >= 15 is 0 Å². The lowest BCUT2D eigenvalue weighted by Gasteiger charge is -2.27. The van der Waals surface area contributed by atoms with Gasteiger partial charge in [0.05, 0.1) is 25.4 Å². The Bertz CT molecular complexity index is 1450. The second-order valence-corrected chi connectivity index (χ2v) is 16.1.